The number of Topliss-reactive ketones (excluding diaryl/α,β-unsaturated/α-hetero) is 1. The van der Waals surface area contributed by atoms with Crippen molar-refractivity contribution < 1.29 is 19.0 Å². The lowest BCUT2D eigenvalue weighted by Gasteiger charge is -2.22. The summed E-state index contributed by atoms with van der Waals surface area (Å²) in [5.74, 6) is 2.15. The van der Waals surface area contributed by atoms with E-state index in [1.807, 2.05) is 6.07 Å². The van der Waals surface area contributed by atoms with E-state index in [0.29, 0.717) is 36.5 Å². The van der Waals surface area contributed by atoms with Crippen LogP contribution in [0.25, 0.3) is 0 Å². The molecule has 0 fully saturated rings. The lowest BCUT2D eigenvalue weighted by Crippen LogP contribution is -2.15. The predicted molar refractivity (Wildman–Crippen MR) is 63.1 cm³/mol. The Labute approximate surface area is 100 Å². The molecule has 92 valence electrons. The maximum atomic E-state index is 11.5. The molecule has 4 heteroatoms. The van der Waals surface area contributed by atoms with Gasteiger partial charge in [-0.1, -0.05) is 0 Å². The Bertz CT molecular complexity index is 451. The molecule has 0 amide bonds. The largest absolute Gasteiger partial charge is 0.493 e. The number of fused-ring (bicyclic) bond motifs is 1. The van der Waals surface area contributed by atoms with Crippen molar-refractivity contribution in [3.63, 3.8) is 0 Å². The van der Waals surface area contributed by atoms with Crippen LogP contribution in [-0.4, -0.2) is 27.1 Å². The van der Waals surface area contributed by atoms with Gasteiger partial charge in [-0.3, -0.25) is 4.79 Å². The van der Waals surface area contributed by atoms with E-state index in [0.717, 1.165) is 11.1 Å². The Morgan fingerprint density at radius 3 is 2.29 bits per heavy atom. The van der Waals surface area contributed by atoms with E-state index >= 15 is 0 Å². The number of methoxy groups -OCH3 is 3. The van der Waals surface area contributed by atoms with E-state index in [2.05, 4.69) is 0 Å². The number of ether oxygens (including phenoxy) is 3. The van der Waals surface area contributed by atoms with Crippen LogP contribution in [0.5, 0.6) is 17.2 Å². The smallest absolute Gasteiger partial charge is 0.203 e. The molecule has 0 atom stereocenters. The first-order valence-electron chi connectivity index (χ1n) is 5.53. The molecule has 0 saturated heterocycles. The summed E-state index contributed by atoms with van der Waals surface area (Å²) in [6.07, 6.45) is 1.72. The number of carbonyl (C=O) groups is 1. The van der Waals surface area contributed by atoms with E-state index in [4.69, 9.17) is 14.2 Å². The van der Waals surface area contributed by atoms with Crippen LogP contribution >= 0.6 is 0 Å². The zero-order valence-electron chi connectivity index (χ0n) is 10.3. The van der Waals surface area contributed by atoms with Crippen LogP contribution in [0, 0.1) is 0 Å². The van der Waals surface area contributed by atoms with Gasteiger partial charge < -0.3 is 14.2 Å². The van der Waals surface area contributed by atoms with Crippen LogP contribution in [0.4, 0.5) is 0 Å². The second-order valence-electron chi connectivity index (χ2n) is 4.00. The van der Waals surface area contributed by atoms with Gasteiger partial charge >= 0.3 is 0 Å². The second kappa shape index (κ2) is 4.65. The standard InChI is InChI=1S/C13H16O4/c1-15-11-7-8-6-9(14)4-5-10(8)12(16-2)13(11)17-3/h7H,4-6H2,1-3H3. The number of benzene rings is 1. The first-order valence-corrected chi connectivity index (χ1v) is 5.53. The van der Waals surface area contributed by atoms with Crippen LogP contribution in [0.1, 0.15) is 17.5 Å². The van der Waals surface area contributed by atoms with Crippen molar-refractivity contribution in [1.82, 2.24) is 0 Å². The number of rotatable bonds is 3. The minimum atomic E-state index is 0.256. The molecule has 0 aliphatic heterocycles. The van der Waals surface area contributed by atoms with Crippen molar-refractivity contribution in [3.05, 3.63) is 17.2 Å². The van der Waals surface area contributed by atoms with Gasteiger partial charge in [-0.2, -0.15) is 0 Å². The summed E-state index contributed by atoms with van der Waals surface area (Å²) in [4.78, 5) is 11.5. The van der Waals surface area contributed by atoms with Gasteiger partial charge in [0.2, 0.25) is 5.75 Å². The fourth-order valence-corrected chi connectivity index (χ4v) is 2.26. The maximum absolute atomic E-state index is 11.5. The van der Waals surface area contributed by atoms with E-state index in [9.17, 15) is 4.79 Å². The van der Waals surface area contributed by atoms with Gasteiger partial charge in [0.05, 0.1) is 21.3 Å². The normalized spacial score (nSPS) is 14.2. The van der Waals surface area contributed by atoms with Crippen LogP contribution in [0.2, 0.25) is 0 Å². The summed E-state index contributed by atoms with van der Waals surface area (Å²) in [6, 6.07) is 1.87. The van der Waals surface area contributed by atoms with E-state index in [-0.39, 0.29) is 5.78 Å². The predicted octanol–water partition coefficient (Wildman–Crippen LogP) is 1.77. The van der Waals surface area contributed by atoms with Gasteiger partial charge in [0.25, 0.3) is 0 Å². The first kappa shape index (κ1) is 11.8. The van der Waals surface area contributed by atoms with Crippen LogP contribution in [-0.2, 0) is 17.6 Å². The van der Waals surface area contributed by atoms with Gasteiger partial charge in [-0.25, -0.2) is 0 Å². The maximum Gasteiger partial charge on any atom is 0.203 e. The average Bonchev–Trinajstić information content (AvgIpc) is 2.35. The Morgan fingerprint density at radius 1 is 1.00 bits per heavy atom. The molecule has 0 spiro atoms. The van der Waals surface area contributed by atoms with Gasteiger partial charge in [0.15, 0.2) is 11.5 Å². The van der Waals surface area contributed by atoms with E-state index in [1.54, 1.807) is 21.3 Å². The Kier molecular flexibility index (Phi) is 3.22. The highest BCUT2D eigenvalue weighted by Gasteiger charge is 2.25. The topological polar surface area (TPSA) is 44.8 Å². The monoisotopic (exact) mass is 236 g/mol. The lowest BCUT2D eigenvalue weighted by molar-refractivity contribution is -0.118. The summed E-state index contributed by atoms with van der Waals surface area (Å²) >= 11 is 0. The molecule has 0 aromatic heterocycles. The van der Waals surface area contributed by atoms with Crippen molar-refractivity contribution >= 4 is 5.78 Å². The molecule has 1 aromatic carbocycles. The number of hydrogen-bond donors (Lipinski definition) is 0. The highest BCUT2D eigenvalue weighted by atomic mass is 16.5. The Morgan fingerprint density at radius 2 is 1.71 bits per heavy atom. The van der Waals surface area contributed by atoms with Crippen molar-refractivity contribution in [2.75, 3.05) is 21.3 Å². The van der Waals surface area contributed by atoms with Crippen molar-refractivity contribution in [2.45, 2.75) is 19.3 Å². The SMILES string of the molecule is COc1cc2c(c(OC)c1OC)CCC(=O)C2. The second-order valence-corrected chi connectivity index (χ2v) is 4.00. The van der Waals surface area contributed by atoms with Gasteiger partial charge in [0, 0.05) is 18.4 Å². The van der Waals surface area contributed by atoms with Crippen molar-refractivity contribution in [3.8, 4) is 17.2 Å². The zero-order chi connectivity index (χ0) is 12.4. The molecular formula is C13H16O4. The molecule has 4 nitrogen and oxygen atoms in total. The summed E-state index contributed by atoms with van der Waals surface area (Å²) in [5.41, 5.74) is 2.04. The first-order chi connectivity index (χ1) is 8.21. The third-order valence-corrected chi connectivity index (χ3v) is 3.07. The van der Waals surface area contributed by atoms with E-state index in [1.165, 1.54) is 0 Å². The zero-order valence-corrected chi connectivity index (χ0v) is 10.3. The van der Waals surface area contributed by atoms with Crippen LogP contribution < -0.4 is 14.2 Å². The molecular weight excluding hydrogens is 220 g/mol. The third kappa shape index (κ3) is 1.95. The molecule has 0 heterocycles. The Balaban J connectivity index is 2.61. The lowest BCUT2D eigenvalue weighted by atomic mass is 9.89. The summed E-state index contributed by atoms with van der Waals surface area (Å²) in [6.45, 7) is 0. The molecule has 0 radical (unpaired) electrons. The molecule has 17 heavy (non-hydrogen) atoms. The Hall–Kier alpha value is -1.71. The van der Waals surface area contributed by atoms with Crippen LogP contribution in [0.15, 0.2) is 6.07 Å². The summed E-state index contributed by atoms with van der Waals surface area (Å²) in [7, 11) is 4.77. The highest BCUT2D eigenvalue weighted by molar-refractivity contribution is 5.84. The van der Waals surface area contributed by atoms with Gasteiger partial charge in [-0.05, 0) is 18.1 Å². The molecule has 1 aliphatic rings. The van der Waals surface area contributed by atoms with E-state index < -0.39 is 0 Å². The fourth-order valence-electron chi connectivity index (χ4n) is 2.26. The molecule has 0 N–H and O–H groups in total. The van der Waals surface area contributed by atoms with Gasteiger partial charge in [-0.15, -0.1) is 0 Å². The third-order valence-electron chi connectivity index (χ3n) is 3.07. The number of hydrogen-bond acceptors (Lipinski definition) is 4. The highest BCUT2D eigenvalue weighted by Crippen LogP contribution is 2.43. The quantitative estimate of drug-likeness (QED) is 0.802. The molecule has 1 aliphatic carbocycles. The van der Waals surface area contributed by atoms with Gasteiger partial charge in [0.1, 0.15) is 5.78 Å². The number of ketones is 1. The summed E-state index contributed by atoms with van der Waals surface area (Å²) in [5, 5.41) is 0. The average molecular weight is 236 g/mol. The molecule has 0 bridgehead atoms. The fraction of sp³-hybridized carbons (Fsp3) is 0.462. The van der Waals surface area contributed by atoms with Crippen molar-refractivity contribution in [2.24, 2.45) is 0 Å². The molecule has 0 unspecified atom stereocenters. The van der Waals surface area contributed by atoms with Crippen LogP contribution in [0.3, 0.4) is 0 Å². The molecule has 2 rings (SSSR count). The minimum absolute atomic E-state index is 0.256. The minimum Gasteiger partial charge on any atom is -0.493 e. The number of carbonyl (C=O) groups excluding carboxylic acids is 1. The summed E-state index contributed by atoms with van der Waals surface area (Å²) < 4.78 is 16.0. The molecule has 0 saturated carbocycles. The molecule has 1 aromatic rings. The van der Waals surface area contributed by atoms with Crippen molar-refractivity contribution in [1.29, 1.82) is 0 Å².